The van der Waals surface area contributed by atoms with Gasteiger partial charge in [0.05, 0.1) is 12.0 Å². The van der Waals surface area contributed by atoms with Gasteiger partial charge in [-0.25, -0.2) is 0 Å². The first kappa shape index (κ1) is 63.2. The molecule has 3 nitrogen and oxygen atoms in total. The second-order valence-electron chi connectivity index (χ2n) is 21.1. The Labute approximate surface area is 404 Å². The van der Waals surface area contributed by atoms with Crippen molar-refractivity contribution in [2.45, 2.75) is 367 Å². The Bertz CT molecular complexity index is 883. The van der Waals surface area contributed by atoms with Gasteiger partial charge < -0.3 is 10.2 Å². The van der Waals surface area contributed by atoms with Gasteiger partial charge in [0.2, 0.25) is 0 Å². The third-order valence-electron chi connectivity index (χ3n) is 14.7. The topological polar surface area (TPSA) is 57.5 Å². The second-order valence-corrected chi connectivity index (χ2v) is 21.1. The average Bonchev–Trinajstić information content (AvgIpc) is 3.29. The Hall–Kier alpha value is -0.830. The molecule has 3 heteroatoms. The van der Waals surface area contributed by atoms with E-state index in [0.29, 0.717) is 12.8 Å². The highest BCUT2D eigenvalue weighted by molar-refractivity contribution is 5.70. The molecular weight excluding hydrogens is 781 g/mol. The van der Waals surface area contributed by atoms with Crippen LogP contribution in [0.1, 0.15) is 361 Å². The van der Waals surface area contributed by atoms with E-state index < -0.39 is 18.0 Å². The molecule has 2 unspecified atom stereocenters. The van der Waals surface area contributed by atoms with Gasteiger partial charge in [-0.05, 0) is 38.5 Å². The smallest absolute Gasteiger partial charge is 0.309 e. The van der Waals surface area contributed by atoms with E-state index in [4.69, 9.17) is 0 Å². The lowest BCUT2D eigenvalue weighted by Crippen LogP contribution is -2.28. The summed E-state index contributed by atoms with van der Waals surface area (Å²) >= 11 is 0. The number of aliphatic hydroxyl groups is 1. The fraction of sp³-hybridized carbons (Fsp3) is 0.951. The molecule has 0 aliphatic heterocycles. The first-order chi connectivity index (χ1) is 31.6. The zero-order valence-corrected chi connectivity index (χ0v) is 44.3. The summed E-state index contributed by atoms with van der Waals surface area (Å²) in [6, 6.07) is 0. The van der Waals surface area contributed by atoms with E-state index in [-0.39, 0.29) is 0 Å². The van der Waals surface area contributed by atoms with Gasteiger partial charge in [-0.2, -0.15) is 0 Å². The summed E-state index contributed by atoms with van der Waals surface area (Å²) in [7, 11) is 0. The van der Waals surface area contributed by atoms with Crippen molar-refractivity contribution in [3.05, 3.63) is 12.2 Å². The summed E-state index contributed by atoms with van der Waals surface area (Å²) in [5.74, 6) is -1.39. The molecule has 0 saturated heterocycles. The number of hydrogen-bond acceptors (Lipinski definition) is 2. The third kappa shape index (κ3) is 52.1. The molecule has 0 aromatic heterocycles. The number of hydrogen-bond donors (Lipinski definition) is 2. The summed E-state index contributed by atoms with van der Waals surface area (Å²) in [5, 5.41) is 20.4. The van der Waals surface area contributed by atoms with E-state index in [0.717, 1.165) is 25.7 Å². The highest BCUT2D eigenvalue weighted by atomic mass is 16.4. The lowest BCUT2D eigenvalue weighted by Gasteiger charge is -2.19. The lowest BCUT2D eigenvalue weighted by atomic mass is 9.91. The molecule has 64 heavy (non-hydrogen) atoms. The maximum Gasteiger partial charge on any atom is 0.309 e. The summed E-state index contributed by atoms with van der Waals surface area (Å²) in [5.41, 5.74) is 0. The van der Waals surface area contributed by atoms with Gasteiger partial charge in [-0.1, -0.05) is 334 Å². The van der Waals surface area contributed by atoms with E-state index in [1.165, 1.54) is 308 Å². The number of aliphatic hydroxyl groups excluding tert-OH is 1. The molecule has 0 radical (unpaired) electrons. The van der Waals surface area contributed by atoms with Crippen molar-refractivity contribution in [2.75, 3.05) is 0 Å². The van der Waals surface area contributed by atoms with E-state index in [1.54, 1.807) is 0 Å². The maximum absolute atomic E-state index is 11.9. The van der Waals surface area contributed by atoms with E-state index in [9.17, 15) is 15.0 Å². The predicted octanol–water partition coefficient (Wildman–Crippen LogP) is 21.7. The molecule has 0 aromatic carbocycles. The summed E-state index contributed by atoms with van der Waals surface area (Å²) in [6.07, 6.45) is 76.8. The number of rotatable bonds is 57. The number of allylic oxidation sites excluding steroid dienone is 2. The largest absolute Gasteiger partial charge is 0.481 e. The molecule has 0 rings (SSSR count). The number of aliphatic carboxylic acids is 1. The lowest BCUT2D eigenvalue weighted by molar-refractivity contribution is -0.146. The SMILES string of the molecule is CCCCCCCCCCCCCCCCCCCC/C=C\CCCCCCCCCCCCCCC(O)C(CCCCCCCCCCCCCCCCCCCCCC)C(=O)O. The monoisotopic (exact) mass is 901 g/mol. The molecule has 0 fully saturated rings. The van der Waals surface area contributed by atoms with Gasteiger partial charge in [0.1, 0.15) is 0 Å². The molecule has 0 amide bonds. The molecule has 0 saturated carbocycles. The molecular formula is C61H120O3. The quantitative estimate of drug-likeness (QED) is 0.0472. The Balaban J connectivity index is 3.39. The number of carboxylic acids is 1. The predicted molar refractivity (Wildman–Crippen MR) is 287 cm³/mol. The Morgan fingerprint density at radius 2 is 0.484 bits per heavy atom. The van der Waals surface area contributed by atoms with Gasteiger partial charge >= 0.3 is 5.97 Å². The van der Waals surface area contributed by atoms with Gasteiger partial charge in [0.25, 0.3) is 0 Å². The van der Waals surface area contributed by atoms with Gasteiger partial charge in [0.15, 0.2) is 0 Å². The van der Waals surface area contributed by atoms with Crippen LogP contribution < -0.4 is 0 Å². The zero-order chi connectivity index (χ0) is 46.3. The van der Waals surface area contributed by atoms with Crippen LogP contribution in [0.25, 0.3) is 0 Å². The summed E-state index contributed by atoms with van der Waals surface area (Å²) in [4.78, 5) is 11.9. The normalized spacial score (nSPS) is 12.8. The van der Waals surface area contributed by atoms with Crippen molar-refractivity contribution < 1.29 is 15.0 Å². The third-order valence-corrected chi connectivity index (χ3v) is 14.7. The van der Waals surface area contributed by atoms with Crippen molar-refractivity contribution in [1.82, 2.24) is 0 Å². The number of unbranched alkanes of at least 4 members (excludes halogenated alkanes) is 49. The molecule has 382 valence electrons. The number of carboxylic acid groups (broad SMARTS) is 1. The van der Waals surface area contributed by atoms with E-state index >= 15 is 0 Å². The van der Waals surface area contributed by atoms with Crippen molar-refractivity contribution in [2.24, 2.45) is 5.92 Å². The van der Waals surface area contributed by atoms with Gasteiger partial charge in [-0.15, -0.1) is 0 Å². The zero-order valence-electron chi connectivity index (χ0n) is 44.3. The first-order valence-electron chi connectivity index (χ1n) is 30.2. The van der Waals surface area contributed by atoms with E-state index in [2.05, 4.69) is 26.0 Å². The number of carbonyl (C=O) groups is 1. The van der Waals surface area contributed by atoms with Crippen LogP contribution in [-0.4, -0.2) is 22.3 Å². The van der Waals surface area contributed by atoms with Crippen molar-refractivity contribution in [3.8, 4) is 0 Å². The minimum atomic E-state index is -0.802. The minimum absolute atomic E-state index is 0.583. The second kappa shape index (κ2) is 56.5. The van der Waals surface area contributed by atoms with Gasteiger partial charge in [-0.3, -0.25) is 4.79 Å². The Kier molecular flexibility index (Phi) is 55.8. The Morgan fingerprint density at radius 3 is 0.703 bits per heavy atom. The molecule has 2 N–H and O–H groups in total. The average molecular weight is 902 g/mol. The van der Waals surface area contributed by atoms with Crippen LogP contribution >= 0.6 is 0 Å². The van der Waals surface area contributed by atoms with Crippen molar-refractivity contribution >= 4 is 5.97 Å². The van der Waals surface area contributed by atoms with Crippen molar-refractivity contribution in [3.63, 3.8) is 0 Å². The fourth-order valence-electron chi connectivity index (χ4n) is 10.1. The van der Waals surface area contributed by atoms with Gasteiger partial charge in [0, 0.05) is 0 Å². The van der Waals surface area contributed by atoms with Crippen LogP contribution in [0.15, 0.2) is 12.2 Å². The van der Waals surface area contributed by atoms with Crippen LogP contribution in [0, 0.1) is 5.92 Å². The molecule has 0 bridgehead atoms. The minimum Gasteiger partial charge on any atom is -0.481 e. The molecule has 0 aliphatic rings. The highest BCUT2D eigenvalue weighted by Crippen LogP contribution is 2.22. The summed E-state index contributed by atoms with van der Waals surface area (Å²) in [6.45, 7) is 4.60. The molecule has 0 aromatic rings. The van der Waals surface area contributed by atoms with E-state index in [1.807, 2.05) is 0 Å². The molecule has 2 atom stereocenters. The molecule has 0 heterocycles. The van der Waals surface area contributed by atoms with Crippen LogP contribution in [0.4, 0.5) is 0 Å². The van der Waals surface area contributed by atoms with Crippen molar-refractivity contribution in [1.29, 1.82) is 0 Å². The first-order valence-corrected chi connectivity index (χ1v) is 30.2. The standard InChI is InChI=1S/C61H120O3/c1-3-5-7-9-11-13-15-17-19-21-23-25-26-27-28-29-30-31-32-33-34-35-36-37-38-40-42-44-46-48-50-52-54-56-58-60(62)59(61(63)64)57-55-53-51-49-47-45-43-41-39-24-22-20-18-16-14-12-10-8-6-4-2/h33-34,59-60,62H,3-32,35-58H2,1-2H3,(H,63,64)/b34-33-. The summed E-state index contributed by atoms with van der Waals surface area (Å²) < 4.78 is 0. The van der Waals surface area contributed by atoms with Crippen LogP contribution in [0.2, 0.25) is 0 Å². The maximum atomic E-state index is 11.9. The Morgan fingerprint density at radius 1 is 0.297 bits per heavy atom. The fourth-order valence-corrected chi connectivity index (χ4v) is 10.1. The highest BCUT2D eigenvalue weighted by Gasteiger charge is 2.25. The van der Waals surface area contributed by atoms with Crippen LogP contribution in [0.5, 0.6) is 0 Å². The van der Waals surface area contributed by atoms with Crippen LogP contribution in [0.3, 0.4) is 0 Å². The molecule has 0 aliphatic carbocycles. The molecule has 0 spiro atoms. The van der Waals surface area contributed by atoms with Crippen LogP contribution in [-0.2, 0) is 4.79 Å².